The zero-order chi connectivity index (χ0) is 18.1. The molecule has 0 fully saturated rings. The van der Waals surface area contributed by atoms with E-state index in [2.05, 4.69) is 54.5 Å². The molecule has 0 aliphatic carbocycles. The standard InChI is InChI=1S/C21H20N2OS2/c1-21(2)19(17-7-6-12-25-17)23-16-10-9-14(24-3)13-15(16)20(21)26-18-8-4-5-11-22-18/h4-13,20H,1-3H3. The Morgan fingerprint density at radius 1 is 1.12 bits per heavy atom. The van der Waals surface area contributed by atoms with Crippen LogP contribution < -0.4 is 4.74 Å². The van der Waals surface area contributed by atoms with Crippen LogP contribution in [0.3, 0.4) is 0 Å². The molecule has 1 atom stereocenters. The van der Waals surface area contributed by atoms with Crippen molar-refractivity contribution in [1.82, 2.24) is 4.98 Å². The number of ether oxygens (including phenoxy) is 1. The number of hydrogen-bond acceptors (Lipinski definition) is 5. The Labute approximate surface area is 162 Å². The van der Waals surface area contributed by atoms with Gasteiger partial charge < -0.3 is 4.74 Å². The number of thioether (sulfide) groups is 1. The molecule has 1 aromatic carbocycles. The summed E-state index contributed by atoms with van der Waals surface area (Å²) < 4.78 is 5.47. The van der Waals surface area contributed by atoms with Gasteiger partial charge in [0.1, 0.15) is 5.75 Å². The third-order valence-electron chi connectivity index (χ3n) is 4.65. The van der Waals surface area contributed by atoms with E-state index in [1.807, 2.05) is 24.4 Å². The van der Waals surface area contributed by atoms with Crippen molar-refractivity contribution in [2.75, 3.05) is 7.11 Å². The molecule has 132 valence electrons. The molecule has 0 bridgehead atoms. The molecule has 3 nitrogen and oxygen atoms in total. The van der Waals surface area contributed by atoms with Crippen LogP contribution in [0.5, 0.6) is 5.75 Å². The van der Waals surface area contributed by atoms with Gasteiger partial charge in [-0.25, -0.2) is 4.98 Å². The van der Waals surface area contributed by atoms with Crippen LogP contribution in [0.2, 0.25) is 0 Å². The maximum atomic E-state index is 5.47. The minimum atomic E-state index is -0.146. The van der Waals surface area contributed by atoms with E-state index < -0.39 is 0 Å². The Hall–Kier alpha value is -2.11. The molecule has 0 amide bonds. The number of benzene rings is 1. The summed E-state index contributed by atoms with van der Waals surface area (Å²) in [5, 5.41) is 3.32. The number of aliphatic imine (C=N–C) groups is 1. The molecular weight excluding hydrogens is 360 g/mol. The van der Waals surface area contributed by atoms with E-state index >= 15 is 0 Å². The lowest BCUT2D eigenvalue weighted by atomic mass is 9.77. The van der Waals surface area contributed by atoms with Gasteiger partial charge in [-0.15, -0.1) is 11.3 Å². The average Bonchev–Trinajstić information content (AvgIpc) is 3.18. The van der Waals surface area contributed by atoms with Crippen LogP contribution in [-0.4, -0.2) is 17.8 Å². The third-order valence-corrected chi connectivity index (χ3v) is 7.08. The molecule has 2 aromatic heterocycles. The van der Waals surface area contributed by atoms with E-state index in [1.165, 1.54) is 10.4 Å². The number of methoxy groups -OCH3 is 1. The summed E-state index contributed by atoms with van der Waals surface area (Å²) in [6.07, 6.45) is 1.85. The summed E-state index contributed by atoms with van der Waals surface area (Å²) in [5.74, 6) is 0.862. The second-order valence-corrected chi connectivity index (χ2v) is 8.82. The SMILES string of the molecule is COc1ccc2c(c1)C(Sc1ccccn1)C(C)(C)C(c1cccs1)=N2. The summed E-state index contributed by atoms with van der Waals surface area (Å²) in [7, 11) is 1.71. The minimum absolute atomic E-state index is 0.146. The van der Waals surface area contributed by atoms with Crippen LogP contribution in [0, 0.1) is 5.41 Å². The van der Waals surface area contributed by atoms with E-state index in [4.69, 9.17) is 9.73 Å². The first-order chi connectivity index (χ1) is 12.6. The molecule has 4 rings (SSSR count). The number of nitrogens with zero attached hydrogens (tertiary/aromatic N) is 2. The first kappa shape index (κ1) is 17.3. The van der Waals surface area contributed by atoms with Crippen LogP contribution in [0.1, 0.15) is 29.5 Å². The number of pyridine rings is 1. The molecule has 0 saturated heterocycles. The van der Waals surface area contributed by atoms with E-state index in [1.54, 1.807) is 30.2 Å². The van der Waals surface area contributed by atoms with E-state index in [9.17, 15) is 0 Å². The fourth-order valence-electron chi connectivity index (χ4n) is 3.28. The smallest absolute Gasteiger partial charge is 0.119 e. The van der Waals surface area contributed by atoms with Gasteiger partial charge in [0.05, 0.1) is 23.5 Å². The van der Waals surface area contributed by atoms with Crippen LogP contribution in [0.15, 0.2) is 70.1 Å². The first-order valence-corrected chi connectivity index (χ1v) is 10.2. The van der Waals surface area contributed by atoms with Gasteiger partial charge in [0.15, 0.2) is 0 Å². The molecule has 1 aliphatic heterocycles. The van der Waals surface area contributed by atoms with Crippen molar-refractivity contribution in [2.45, 2.75) is 24.1 Å². The Morgan fingerprint density at radius 2 is 2.00 bits per heavy atom. The highest BCUT2D eigenvalue weighted by molar-refractivity contribution is 7.99. The van der Waals surface area contributed by atoms with Gasteiger partial charge in [0.25, 0.3) is 0 Å². The number of aromatic nitrogens is 1. The third kappa shape index (κ3) is 3.06. The van der Waals surface area contributed by atoms with Crippen molar-refractivity contribution in [2.24, 2.45) is 10.4 Å². The second kappa shape index (κ2) is 6.89. The summed E-state index contributed by atoms with van der Waals surface area (Å²) in [5.41, 5.74) is 3.21. The van der Waals surface area contributed by atoms with Crippen molar-refractivity contribution < 1.29 is 4.74 Å². The van der Waals surface area contributed by atoms with Crippen LogP contribution >= 0.6 is 23.1 Å². The Morgan fingerprint density at radius 3 is 2.69 bits per heavy atom. The van der Waals surface area contributed by atoms with Gasteiger partial charge in [0, 0.05) is 21.7 Å². The van der Waals surface area contributed by atoms with Crippen molar-refractivity contribution in [3.05, 3.63) is 70.5 Å². The van der Waals surface area contributed by atoms with Crippen molar-refractivity contribution in [1.29, 1.82) is 0 Å². The zero-order valence-electron chi connectivity index (χ0n) is 15.0. The van der Waals surface area contributed by atoms with Crippen LogP contribution in [0.4, 0.5) is 5.69 Å². The quantitative estimate of drug-likeness (QED) is 0.545. The van der Waals surface area contributed by atoms with E-state index in [-0.39, 0.29) is 10.7 Å². The predicted octanol–water partition coefficient (Wildman–Crippen LogP) is 6.15. The molecule has 3 heterocycles. The highest BCUT2D eigenvalue weighted by Gasteiger charge is 2.42. The number of rotatable bonds is 4. The normalized spacial score (nSPS) is 18.1. The second-order valence-electron chi connectivity index (χ2n) is 6.75. The van der Waals surface area contributed by atoms with Gasteiger partial charge in [-0.1, -0.05) is 37.7 Å². The maximum absolute atomic E-state index is 5.47. The largest absolute Gasteiger partial charge is 0.497 e. The molecule has 3 aromatic rings. The Bertz CT molecular complexity index is 934. The maximum Gasteiger partial charge on any atom is 0.119 e. The van der Waals surface area contributed by atoms with Gasteiger partial charge in [-0.05, 0) is 47.3 Å². The van der Waals surface area contributed by atoms with E-state index in [0.717, 1.165) is 22.2 Å². The summed E-state index contributed by atoms with van der Waals surface area (Å²) in [4.78, 5) is 10.8. The van der Waals surface area contributed by atoms with Gasteiger partial charge in [-0.2, -0.15) is 0 Å². The number of fused-ring (bicyclic) bond motifs is 1. The summed E-state index contributed by atoms with van der Waals surface area (Å²) in [6.45, 7) is 4.54. The van der Waals surface area contributed by atoms with Crippen LogP contribution in [-0.2, 0) is 0 Å². The fourth-order valence-corrected chi connectivity index (χ4v) is 5.41. The molecule has 1 aliphatic rings. The predicted molar refractivity (Wildman–Crippen MR) is 110 cm³/mol. The van der Waals surface area contributed by atoms with Crippen molar-refractivity contribution >= 4 is 34.5 Å². The van der Waals surface area contributed by atoms with E-state index in [0.29, 0.717) is 0 Å². The first-order valence-electron chi connectivity index (χ1n) is 8.48. The lowest BCUT2D eigenvalue weighted by Gasteiger charge is -2.39. The number of hydrogen-bond donors (Lipinski definition) is 0. The van der Waals surface area contributed by atoms with Crippen molar-refractivity contribution in [3.63, 3.8) is 0 Å². The molecule has 0 N–H and O–H groups in total. The molecule has 0 spiro atoms. The summed E-state index contributed by atoms with van der Waals surface area (Å²) >= 11 is 3.53. The molecular formula is C21H20N2OS2. The lowest BCUT2D eigenvalue weighted by molar-refractivity contribution is 0.413. The highest BCUT2D eigenvalue weighted by Crippen LogP contribution is 2.55. The lowest BCUT2D eigenvalue weighted by Crippen LogP contribution is -2.33. The average molecular weight is 381 g/mol. The molecule has 1 unspecified atom stereocenters. The molecule has 26 heavy (non-hydrogen) atoms. The monoisotopic (exact) mass is 380 g/mol. The van der Waals surface area contributed by atoms with Crippen molar-refractivity contribution in [3.8, 4) is 5.75 Å². The molecule has 0 saturated carbocycles. The highest BCUT2D eigenvalue weighted by atomic mass is 32.2. The molecule has 5 heteroatoms. The Balaban J connectivity index is 1.87. The zero-order valence-corrected chi connectivity index (χ0v) is 16.6. The van der Waals surface area contributed by atoms with Gasteiger partial charge in [-0.3, -0.25) is 4.99 Å². The van der Waals surface area contributed by atoms with Gasteiger partial charge >= 0.3 is 0 Å². The number of thiophene rings is 1. The minimum Gasteiger partial charge on any atom is -0.497 e. The summed E-state index contributed by atoms with van der Waals surface area (Å²) in [6, 6.07) is 16.4. The van der Waals surface area contributed by atoms with Gasteiger partial charge in [0.2, 0.25) is 0 Å². The fraction of sp³-hybridized carbons (Fsp3) is 0.238. The Kier molecular flexibility index (Phi) is 4.59. The van der Waals surface area contributed by atoms with Crippen LogP contribution in [0.25, 0.3) is 0 Å². The molecule has 0 radical (unpaired) electrons. The topological polar surface area (TPSA) is 34.5 Å².